The van der Waals surface area contributed by atoms with E-state index in [-0.39, 0.29) is 0 Å². The van der Waals surface area contributed by atoms with Crippen LogP contribution in [-0.4, -0.2) is 48.7 Å². The highest BCUT2D eigenvalue weighted by Gasteiger charge is 2.31. The molecule has 120 valence electrons. The first-order valence-electron chi connectivity index (χ1n) is 7.19. The summed E-state index contributed by atoms with van der Waals surface area (Å²) in [5.74, 6) is 0. The van der Waals surface area contributed by atoms with E-state index >= 15 is 0 Å². The quantitative estimate of drug-likeness (QED) is 0.852. The molecule has 0 unspecified atom stereocenters. The molecule has 8 heteroatoms. The molecule has 0 spiro atoms. The van der Waals surface area contributed by atoms with Gasteiger partial charge in [-0.1, -0.05) is 0 Å². The van der Waals surface area contributed by atoms with Crippen LogP contribution in [0, 0.1) is 13.8 Å². The molecule has 0 amide bonds. The summed E-state index contributed by atoms with van der Waals surface area (Å²) in [6, 6.07) is 1.93. The maximum Gasteiger partial charge on any atom is 0.252 e. The third kappa shape index (κ3) is 2.78. The van der Waals surface area contributed by atoms with Crippen molar-refractivity contribution in [3.63, 3.8) is 0 Å². The minimum atomic E-state index is -3.37. The van der Waals surface area contributed by atoms with Crippen LogP contribution in [0.15, 0.2) is 22.7 Å². The maximum atomic E-state index is 12.8. The zero-order valence-electron chi connectivity index (χ0n) is 13.0. The molecule has 0 aliphatic carbocycles. The average Bonchev–Trinajstić information content (AvgIpc) is 3.05. The van der Waals surface area contributed by atoms with Gasteiger partial charge < -0.3 is 4.90 Å². The van der Waals surface area contributed by atoms with Crippen molar-refractivity contribution >= 4 is 27.0 Å². The predicted molar refractivity (Wildman–Crippen MR) is 88.0 cm³/mol. The molecular weight excluding hydrogens is 320 g/mol. The molecule has 1 aliphatic rings. The van der Waals surface area contributed by atoms with Gasteiger partial charge in [-0.05, 0) is 25.5 Å². The molecule has 2 aromatic heterocycles. The van der Waals surface area contributed by atoms with Gasteiger partial charge in [0.15, 0.2) is 0 Å². The molecule has 3 heterocycles. The first-order valence-corrected chi connectivity index (χ1v) is 9.44. The number of rotatable bonds is 3. The van der Waals surface area contributed by atoms with Gasteiger partial charge in [-0.3, -0.25) is 4.68 Å². The van der Waals surface area contributed by atoms with Gasteiger partial charge in [0.2, 0.25) is 0 Å². The largest absolute Gasteiger partial charge is 0.366 e. The minimum Gasteiger partial charge on any atom is -0.366 e. The Hall–Kier alpha value is -1.38. The number of piperazine rings is 1. The second kappa shape index (κ2) is 5.68. The van der Waals surface area contributed by atoms with Gasteiger partial charge in [-0.2, -0.15) is 9.40 Å². The number of aryl methyl sites for hydroxylation is 3. The van der Waals surface area contributed by atoms with E-state index in [2.05, 4.69) is 10.00 Å². The van der Waals surface area contributed by atoms with Crippen LogP contribution in [0.4, 0.5) is 5.69 Å². The number of aromatic nitrogens is 2. The molecule has 2 aromatic rings. The van der Waals surface area contributed by atoms with E-state index in [1.54, 1.807) is 8.99 Å². The Morgan fingerprint density at radius 3 is 2.36 bits per heavy atom. The van der Waals surface area contributed by atoms with Crippen molar-refractivity contribution in [3.8, 4) is 0 Å². The summed E-state index contributed by atoms with van der Waals surface area (Å²) in [4.78, 5) is 3.20. The zero-order chi connectivity index (χ0) is 15.9. The number of nitrogens with zero attached hydrogens (tertiary/aromatic N) is 4. The lowest BCUT2D eigenvalue weighted by Gasteiger charge is -2.34. The predicted octanol–water partition coefficient (Wildman–Crippen LogP) is 1.61. The number of anilines is 1. The summed E-state index contributed by atoms with van der Waals surface area (Å²) in [6.45, 7) is 6.20. The van der Waals surface area contributed by atoms with E-state index in [9.17, 15) is 8.42 Å². The zero-order valence-corrected chi connectivity index (χ0v) is 14.6. The summed E-state index contributed by atoms with van der Waals surface area (Å²) in [6.07, 6.45) is 3.77. The lowest BCUT2D eigenvalue weighted by Crippen LogP contribution is -2.48. The second-order valence-electron chi connectivity index (χ2n) is 5.59. The van der Waals surface area contributed by atoms with Gasteiger partial charge in [-0.25, -0.2) is 8.42 Å². The molecule has 1 aliphatic heterocycles. The summed E-state index contributed by atoms with van der Waals surface area (Å²) in [5, 5.41) is 4.17. The van der Waals surface area contributed by atoms with Crippen LogP contribution in [0.3, 0.4) is 0 Å². The number of thiophene rings is 1. The minimum absolute atomic E-state index is 0.486. The van der Waals surface area contributed by atoms with Crippen LogP contribution in [0.2, 0.25) is 0 Å². The average molecular weight is 340 g/mol. The van der Waals surface area contributed by atoms with Gasteiger partial charge in [0.05, 0.1) is 11.9 Å². The van der Waals surface area contributed by atoms with Gasteiger partial charge in [0.1, 0.15) is 4.21 Å². The van der Waals surface area contributed by atoms with E-state index in [4.69, 9.17) is 0 Å². The third-order valence-corrected chi connectivity index (χ3v) is 7.53. The lowest BCUT2D eigenvalue weighted by molar-refractivity contribution is 0.385. The topological polar surface area (TPSA) is 58.4 Å². The Morgan fingerprint density at radius 2 is 1.86 bits per heavy atom. The highest BCUT2D eigenvalue weighted by molar-refractivity contribution is 7.91. The molecule has 0 saturated carbocycles. The van der Waals surface area contributed by atoms with Crippen molar-refractivity contribution in [3.05, 3.63) is 28.9 Å². The molecular formula is C14H20N4O2S2. The molecule has 0 radical (unpaired) electrons. The van der Waals surface area contributed by atoms with Gasteiger partial charge >= 0.3 is 0 Å². The van der Waals surface area contributed by atoms with Crippen LogP contribution >= 0.6 is 11.3 Å². The van der Waals surface area contributed by atoms with E-state index < -0.39 is 10.0 Å². The van der Waals surface area contributed by atoms with Crippen molar-refractivity contribution < 1.29 is 8.42 Å². The Kier molecular flexibility index (Phi) is 4.00. The fraction of sp³-hybridized carbons (Fsp3) is 0.500. The van der Waals surface area contributed by atoms with Gasteiger partial charge in [0, 0.05) is 44.3 Å². The van der Waals surface area contributed by atoms with E-state index in [0.29, 0.717) is 30.4 Å². The first-order chi connectivity index (χ1) is 10.4. The summed E-state index contributed by atoms with van der Waals surface area (Å²) < 4.78 is 29.4. The standard InChI is InChI=1S/C14H20N4O2S2/c1-11-8-12(2)21-14(11)22(19,20)18-6-4-17(5-7-18)13-9-15-16(3)10-13/h8-10H,4-7H2,1-3H3. The molecule has 1 saturated heterocycles. The molecule has 22 heavy (non-hydrogen) atoms. The molecule has 0 N–H and O–H groups in total. The fourth-order valence-electron chi connectivity index (χ4n) is 2.75. The van der Waals surface area contributed by atoms with Crippen LogP contribution in [0.1, 0.15) is 10.4 Å². The van der Waals surface area contributed by atoms with E-state index in [1.165, 1.54) is 11.3 Å². The van der Waals surface area contributed by atoms with Gasteiger partial charge in [0.25, 0.3) is 10.0 Å². The number of hydrogen-bond acceptors (Lipinski definition) is 5. The number of hydrogen-bond donors (Lipinski definition) is 0. The van der Waals surface area contributed by atoms with Crippen molar-refractivity contribution in [1.29, 1.82) is 0 Å². The highest BCUT2D eigenvalue weighted by Crippen LogP contribution is 2.29. The third-order valence-electron chi connectivity index (χ3n) is 3.86. The van der Waals surface area contributed by atoms with Crippen molar-refractivity contribution in [2.24, 2.45) is 7.05 Å². The molecule has 6 nitrogen and oxygen atoms in total. The van der Waals surface area contributed by atoms with E-state index in [1.807, 2.05) is 39.4 Å². The van der Waals surface area contributed by atoms with Crippen LogP contribution in [0.25, 0.3) is 0 Å². The number of sulfonamides is 1. The van der Waals surface area contributed by atoms with Crippen molar-refractivity contribution in [2.75, 3.05) is 31.1 Å². The van der Waals surface area contributed by atoms with Gasteiger partial charge in [-0.15, -0.1) is 11.3 Å². The van der Waals surface area contributed by atoms with Crippen molar-refractivity contribution in [2.45, 2.75) is 18.1 Å². The van der Waals surface area contributed by atoms with Crippen LogP contribution < -0.4 is 4.90 Å². The smallest absolute Gasteiger partial charge is 0.252 e. The summed E-state index contributed by atoms with van der Waals surface area (Å²) in [7, 11) is -1.49. The Balaban J connectivity index is 1.74. The Morgan fingerprint density at radius 1 is 1.18 bits per heavy atom. The molecule has 0 aromatic carbocycles. The van der Waals surface area contributed by atoms with Crippen molar-refractivity contribution in [1.82, 2.24) is 14.1 Å². The van der Waals surface area contributed by atoms with E-state index in [0.717, 1.165) is 16.1 Å². The molecule has 1 fully saturated rings. The normalized spacial score (nSPS) is 17.1. The fourth-order valence-corrected chi connectivity index (χ4v) is 5.98. The lowest BCUT2D eigenvalue weighted by atomic mass is 10.3. The summed E-state index contributed by atoms with van der Waals surface area (Å²) in [5.41, 5.74) is 1.89. The second-order valence-corrected chi connectivity index (χ2v) is 8.98. The molecule has 0 bridgehead atoms. The molecule has 3 rings (SSSR count). The molecule has 0 atom stereocenters. The van der Waals surface area contributed by atoms with Crippen LogP contribution in [-0.2, 0) is 17.1 Å². The van der Waals surface area contributed by atoms with Crippen LogP contribution in [0.5, 0.6) is 0 Å². The Labute approximate surface area is 135 Å². The Bertz CT molecular complexity index is 771. The SMILES string of the molecule is Cc1cc(C)c(S(=O)(=O)N2CCN(c3cnn(C)c3)CC2)s1. The monoisotopic (exact) mass is 340 g/mol. The highest BCUT2D eigenvalue weighted by atomic mass is 32.2. The maximum absolute atomic E-state index is 12.8. The summed E-state index contributed by atoms with van der Waals surface area (Å²) >= 11 is 1.36. The first kappa shape index (κ1) is 15.5.